The Kier molecular flexibility index (Phi) is 7.97. The molecule has 0 atom stereocenters. The highest BCUT2D eigenvalue weighted by Gasteiger charge is 2.24. The minimum Gasteiger partial charge on any atom is -0.460 e. The molecule has 1 saturated heterocycles. The summed E-state index contributed by atoms with van der Waals surface area (Å²) >= 11 is 0. The molecule has 1 aliphatic heterocycles. The van der Waals surface area contributed by atoms with E-state index in [-0.39, 0.29) is 35.8 Å². The Morgan fingerprint density at radius 1 is 1.33 bits per heavy atom. The lowest BCUT2D eigenvalue weighted by Crippen LogP contribution is -2.41. The molecule has 1 amide bonds. The molecule has 0 radical (unpaired) electrons. The van der Waals surface area contributed by atoms with Crippen molar-refractivity contribution in [2.24, 2.45) is 5.84 Å². The van der Waals surface area contributed by atoms with E-state index in [2.05, 4.69) is 11.5 Å². The molecular weight excluding hydrogens is 408 g/mol. The van der Waals surface area contributed by atoms with E-state index in [1.807, 2.05) is 18.2 Å². The number of allylic oxidation sites excluding steroid dienone is 5. The van der Waals surface area contributed by atoms with Crippen LogP contribution in [0, 0.1) is 11.3 Å². The summed E-state index contributed by atoms with van der Waals surface area (Å²) in [7, 11) is -2.93. The molecule has 30 heavy (non-hydrogen) atoms. The van der Waals surface area contributed by atoms with Crippen LogP contribution in [0.4, 0.5) is 0 Å². The molecule has 2 N–H and O–H groups in total. The summed E-state index contributed by atoms with van der Waals surface area (Å²) in [5.74, 6) is 4.76. The number of carbonyl (C=O) groups excluding carboxylic acids is 2. The molecule has 162 valence electrons. The number of nitrogens with zero attached hydrogens (tertiary/aromatic N) is 3. The van der Waals surface area contributed by atoms with Gasteiger partial charge in [0.1, 0.15) is 18.2 Å². The molecule has 0 saturated carbocycles. The van der Waals surface area contributed by atoms with Crippen LogP contribution in [0.3, 0.4) is 0 Å². The molecule has 0 aromatic heterocycles. The molecule has 9 nitrogen and oxygen atoms in total. The molecule has 2 rings (SSSR count). The maximum Gasteiger partial charge on any atom is 0.333 e. The fraction of sp³-hybridized carbons (Fsp3) is 0.450. The first-order chi connectivity index (χ1) is 14.1. The number of nitriles is 1. The number of sulfone groups is 1. The standard InChI is InChI=1S/C20H26N4O5S/c1-15(2)20(26)29-10-7-24(22)19(25)17(14-21)13-16-3-5-18(6-4-16)23-8-11-30(27,28)12-9-23/h3,5,13H,1,4,6-12,22H2,2H3/b17-13+. The van der Waals surface area contributed by atoms with Crippen molar-refractivity contribution in [3.63, 3.8) is 0 Å². The van der Waals surface area contributed by atoms with Gasteiger partial charge in [-0.25, -0.2) is 19.1 Å². The molecule has 0 aromatic rings. The summed E-state index contributed by atoms with van der Waals surface area (Å²) in [4.78, 5) is 25.8. The molecule has 1 aliphatic carbocycles. The van der Waals surface area contributed by atoms with Gasteiger partial charge in [-0.1, -0.05) is 12.7 Å². The van der Waals surface area contributed by atoms with Crippen LogP contribution >= 0.6 is 0 Å². The largest absolute Gasteiger partial charge is 0.460 e. The summed E-state index contributed by atoms with van der Waals surface area (Å²) in [6.07, 6.45) is 6.52. The van der Waals surface area contributed by atoms with Crippen LogP contribution in [0.2, 0.25) is 0 Å². The Hall–Kier alpha value is -2.90. The van der Waals surface area contributed by atoms with E-state index in [0.29, 0.717) is 25.9 Å². The van der Waals surface area contributed by atoms with E-state index < -0.39 is 21.7 Å². The monoisotopic (exact) mass is 434 g/mol. The molecule has 1 fully saturated rings. The topological polar surface area (TPSA) is 134 Å². The lowest BCUT2D eigenvalue weighted by Gasteiger charge is -2.32. The van der Waals surface area contributed by atoms with Crippen molar-refractivity contribution in [3.8, 4) is 6.07 Å². The van der Waals surface area contributed by atoms with Gasteiger partial charge >= 0.3 is 5.97 Å². The minimum absolute atomic E-state index is 0.0577. The number of amides is 1. The zero-order valence-electron chi connectivity index (χ0n) is 17.0. The summed E-state index contributed by atoms with van der Waals surface area (Å²) in [5, 5.41) is 10.2. The van der Waals surface area contributed by atoms with Crippen molar-refractivity contribution >= 4 is 21.7 Å². The molecule has 1 heterocycles. The van der Waals surface area contributed by atoms with Gasteiger partial charge in [0.2, 0.25) is 0 Å². The van der Waals surface area contributed by atoms with Crippen LogP contribution in [0.1, 0.15) is 19.8 Å². The van der Waals surface area contributed by atoms with E-state index in [9.17, 15) is 23.3 Å². The van der Waals surface area contributed by atoms with Crippen molar-refractivity contribution in [1.82, 2.24) is 9.91 Å². The SMILES string of the molecule is C=C(C)C(=O)OCCN(N)C(=O)/C(C#N)=C/C1=CC=C(N2CCS(=O)(=O)CC2)CC1. The Morgan fingerprint density at radius 3 is 2.53 bits per heavy atom. The first-order valence-corrected chi connectivity index (χ1v) is 11.3. The Bertz CT molecular complexity index is 942. The average molecular weight is 435 g/mol. The van der Waals surface area contributed by atoms with Crippen LogP contribution in [-0.4, -0.2) is 67.9 Å². The molecule has 0 bridgehead atoms. The van der Waals surface area contributed by atoms with Gasteiger partial charge in [0, 0.05) is 24.4 Å². The summed E-state index contributed by atoms with van der Waals surface area (Å²) in [6, 6.07) is 1.86. The van der Waals surface area contributed by atoms with E-state index >= 15 is 0 Å². The first kappa shape index (κ1) is 23.4. The first-order valence-electron chi connectivity index (χ1n) is 9.49. The van der Waals surface area contributed by atoms with Crippen LogP contribution in [-0.2, 0) is 24.2 Å². The zero-order valence-corrected chi connectivity index (χ0v) is 17.8. The zero-order chi connectivity index (χ0) is 22.3. The predicted molar refractivity (Wildman–Crippen MR) is 111 cm³/mol. The third kappa shape index (κ3) is 6.57. The van der Waals surface area contributed by atoms with Crippen LogP contribution in [0.25, 0.3) is 0 Å². The number of hydrogen-bond donors (Lipinski definition) is 1. The van der Waals surface area contributed by atoms with Gasteiger partial charge in [-0.3, -0.25) is 9.80 Å². The van der Waals surface area contributed by atoms with Gasteiger partial charge in [0.15, 0.2) is 9.84 Å². The maximum absolute atomic E-state index is 12.4. The second-order valence-corrected chi connectivity index (χ2v) is 9.43. The Labute approximate surface area is 176 Å². The second-order valence-electron chi connectivity index (χ2n) is 7.12. The Morgan fingerprint density at radius 2 is 2.00 bits per heavy atom. The highest BCUT2D eigenvalue weighted by Crippen LogP contribution is 2.24. The van der Waals surface area contributed by atoms with Crippen molar-refractivity contribution in [1.29, 1.82) is 5.26 Å². The summed E-state index contributed by atoms with van der Waals surface area (Å²) in [5.41, 5.74) is 1.98. The molecule has 2 aliphatic rings. The summed E-state index contributed by atoms with van der Waals surface area (Å²) in [6.45, 7) is 5.76. The van der Waals surface area contributed by atoms with Crippen LogP contribution in [0.15, 0.2) is 47.2 Å². The van der Waals surface area contributed by atoms with Gasteiger partial charge in [-0.2, -0.15) is 5.26 Å². The number of hydrogen-bond acceptors (Lipinski definition) is 8. The van der Waals surface area contributed by atoms with Gasteiger partial charge in [-0.15, -0.1) is 0 Å². The Balaban J connectivity index is 1.97. The highest BCUT2D eigenvalue weighted by molar-refractivity contribution is 7.91. The van der Waals surface area contributed by atoms with Crippen molar-refractivity contribution in [2.75, 3.05) is 37.7 Å². The number of nitrogens with two attached hydrogens (primary N) is 1. The second kappa shape index (κ2) is 10.2. The van der Waals surface area contributed by atoms with E-state index in [1.54, 1.807) is 0 Å². The fourth-order valence-electron chi connectivity index (χ4n) is 2.97. The maximum atomic E-state index is 12.4. The van der Waals surface area contributed by atoms with E-state index in [4.69, 9.17) is 10.6 Å². The summed E-state index contributed by atoms with van der Waals surface area (Å²) < 4.78 is 28.0. The fourth-order valence-corrected chi connectivity index (χ4v) is 4.17. The van der Waals surface area contributed by atoms with Crippen molar-refractivity contribution < 1.29 is 22.7 Å². The van der Waals surface area contributed by atoms with Crippen LogP contribution in [0.5, 0.6) is 0 Å². The normalized spacial score (nSPS) is 18.6. The number of carbonyl (C=O) groups is 2. The van der Waals surface area contributed by atoms with Gasteiger partial charge in [-0.05, 0) is 37.5 Å². The van der Waals surface area contributed by atoms with Crippen molar-refractivity contribution in [2.45, 2.75) is 19.8 Å². The predicted octanol–water partition coefficient (Wildman–Crippen LogP) is 0.592. The average Bonchev–Trinajstić information content (AvgIpc) is 2.71. The number of esters is 1. The molecular formula is C20H26N4O5S. The third-order valence-electron chi connectivity index (χ3n) is 4.77. The third-order valence-corrected chi connectivity index (χ3v) is 6.37. The molecule has 0 spiro atoms. The molecule has 10 heteroatoms. The smallest absolute Gasteiger partial charge is 0.333 e. The highest BCUT2D eigenvalue weighted by atomic mass is 32.2. The molecule has 0 aromatic carbocycles. The quantitative estimate of drug-likeness (QED) is 0.154. The van der Waals surface area contributed by atoms with Gasteiger partial charge < -0.3 is 9.64 Å². The lowest BCUT2D eigenvalue weighted by molar-refractivity contribution is -0.141. The van der Waals surface area contributed by atoms with E-state index in [1.165, 1.54) is 13.0 Å². The number of ether oxygens (including phenoxy) is 1. The van der Waals surface area contributed by atoms with Gasteiger partial charge in [0.25, 0.3) is 5.91 Å². The van der Waals surface area contributed by atoms with E-state index in [0.717, 1.165) is 16.3 Å². The van der Waals surface area contributed by atoms with Crippen molar-refractivity contribution in [3.05, 3.63) is 47.2 Å². The number of rotatable bonds is 7. The number of hydrazine groups is 1. The molecule has 0 unspecified atom stereocenters. The minimum atomic E-state index is -2.93. The lowest BCUT2D eigenvalue weighted by atomic mass is 9.99. The van der Waals surface area contributed by atoms with Crippen LogP contribution < -0.4 is 5.84 Å². The van der Waals surface area contributed by atoms with Gasteiger partial charge in [0.05, 0.1) is 18.1 Å².